The maximum Gasteiger partial charge on any atom is 0.126 e. The first-order valence-electron chi connectivity index (χ1n) is 3.83. The lowest BCUT2D eigenvalue weighted by Gasteiger charge is -2.03. The van der Waals surface area contributed by atoms with Crippen molar-refractivity contribution in [2.45, 2.75) is 0 Å². The minimum Gasteiger partial charge on any atom is -0.369 e. The Hall–Kier alpha value is -0.800. The van der Waals surface area contributed by atoms with Crippen molar-refractivity contribution in [3.05, 3.63) is 23.4 Å². The van der Waals surface area contributed by atoms with E-state index in [9.17, 15) is 0 Å². The third-order valence-electron chi connectivity index (χ3n) is 1.41. The summed E-state index contributed by atoms with van der Waals surface area (Å²) in [6.45, 7) is 1.79. The van der Waals surface area contributed by atoms with Crippen molar-refractivity contribution in [3.63, 3.8) is 0 Å². The zero-order valence-corrected chi connectivity index (χ0v) is 7.73. The molecule has 0 saturated heterocycles. The number of pyridine rings is 1. The van der Waals surface area contributed by atoms with Crippen LogP contribution in [0.15, 0.2) is 18.3 Å². The van der Waals surface area contributed by atoms with E-state index in [-0.39, 0.29) is 0 Å². The molecule has 0 amide bonds. The van der Waals surface area contributed by atoms with Gasteiger partial charge in [0, 0.05) is 19.3 Å². The Morgan fingerprint density at radius 1 is 1.42 bits per heavy atom. The molecule has 0 saturated carbocycles. The predicted octanol–water partition coefficient (Wildman–Crippen LogP) is 1.37. The van der Waals surface area contributed by atoms with Gasteiger partial charge >= 0.3 is 0 Å². The number of anilines is 1. The summed E-state index contributed by atoms with van der Waals surface area (Å²) in [6, 6.07) is 3.67. The summed E-state index contributed by atoms with van der Waals surface area (Å²) in [5, 5.41) is 6.83. The number of halogens is 1. The molecule has 1 rings (SSSR count). The quantitative estimate of drug-likeness (QED) is 0.696. The number of likely N-dealkylation sites (N-methyl/N-ethyl adjacent to an activating group) is 1. The van der Waals surface area contributed by atoms with Crippen LogP contribution in [-0.2, 0) is 0 Å². The van der Waals surface area contributed by atoms with Crippen LogP contribution < -0.4 is 10.6 Å². The second-order valence-corrected chi connectivity index (χ2v) is 2.83. The van der Waals surface area contributed by atoms with Crippen LogP contribution in [0.1, 0.15) is 0 Å². The van der Waals surface area contributed by atoms with Crippen molar-refractivity contribution < 1.29 is 0 Å². The SMILES string of the molecule is CNCCNc1ccc(Cl)cn1. The predicted molar refractivity (Wildman–Crippen MR) is 51.7 cm³/mol. The van der Waals surface area contributed by atoms with Crippen molar-refractivity contribution in [2.75, 3.05) is 25.5 Å². The highest BCUT2D eigenvalue weighted by atomic mass is 35.5. The van der Waals surface area contributed by atoms with Crippen LogP contribution in [0.4, 0.5) is 5.82 Å². The van der Waals surface area contributed by atoms with Crippen LogP contribution in [0.3, 0.4) is 0 Å². The van der Waals surface area contributed by atoms with Crippen LogP contribution in [-0.4, -0.2) is 25.1 Å². The van der Waals surface area contributed by atoms with Crippen LogP contribution in [0, 0.1) is 0 Å². The number of aromatic nitrogens is 1. The van der Waals surface area contributed by atoms with Crippen LogP contribution in [0.25, 0.3) is 0 Å². The summed E-state index contributed by atoms with van der Waals surface area (Å²) in [7, 11) is 1.91. The molecule has 4 heteroatoms. The molecule has 1 aromatic rings. The summed E-state index contributed by atoms with van der Waals surface area (Å²) in [4.78, 5) is 4.08. The molecular weight excluding hydrogens is 174 g/mol. The highest BCUT2D eigenvalue weighted by molar-refractivity contribution is 6.30. The van der Waals surface area contributed by atoms with Crippen molar-refractivity contribution >= 4 is 17.4 Å². The molecule has 0 aliphatic carbocycles. The molecule has 0 spiro atoms. The minimum atomic E-state index is 0.661. The van der Waals surface area contributed by atoms with Gasteiger partial charge in [-0.15, -0.1) is 0 Å². The van der Waals surface area contributed by atoms with Gasteiger partial charge in [-0.25, -0.2) is 4.98 Å². The largest absolute Gasteiger partial charge is 0.369 e. The van der Waals surface area contributed by atoms with E-state index in [1.807, 2.05) is 19.2 Å². The summed E-state index contributed by atoms with van der Waals surface area (Å²) in [5.74, 6) is 0.856. The van der Waals surface area contributed by atoms with Crippen LogP contribution in [0.2, 0.25) is 5.02 Å². The zero-order chi connectivity index (χ0) is 8.81. The van der Waals surface area contributed by atoms with Crippen molar-refractivity contribution in [3.8, 4) is 0 Å². The first-order valence-corrected chi connectivity index (χ1v) is 4.21. The molecule has 0 fully saturated rings. The van der Waals surface area contributed by atoms with Gasteiger partial charge in [0.2, 0.25) is 0 Å². The Morgan fingerprint density at radius 2 is 2.25 bits per heavy atom. The minimum absolute atomic E-state index is 0.661. The van der Waals surface area contributed by atoms with E-state index >= 15 is 0 Å². The van der Waals surface area contributed by atoms with E-state index in [0.717, 1.165) is 18.9 Å². The number of nitrogens with one attached hydrogen (secondary N) is 2. The van der Waals surface area contributed by atoms with Gasteiger partial charge in [-0.1, -0.05) is 11.6 Å². The van der Waals surface area contributed by atoms with E-state index in [4.69, 9.17) is 11.6 Å². The molecule has 0 bridgehead atoms. The van der Waals surface area contributed by atoms with Gasteiger partial charge in [0.1, 0.15) is 5.82 Å². The number of hydrogen-bond acceptors (Lipinski definition) is 3. The fourth-order valence-corrected chi connectivity index (χ4v) is 0.908. The average molecular weight is 186 g/mol. The van der Waals surface area contributed by atoms with Crippen molar-refractivity contribution in [1.29, 1.82) is 0 Å². The summed E-state index contributed by atoms with van der Waals surface area (Å²) >= 11 is 5.67. The fourth-order valence-electron chi connectivity index (χ4n) is 0.796. The first kappa shape index (κ1) is 9.29. The average Bonchev–Trinajstić information content (AvgIpc) is 2.09. The molecule has 0 aliphatic heterocycles. The van der Waals surface area contributed by atoms with E-state index in [0.29, 0.717) is 5.02 Å². The molecule has 2 N–H and O–H groups in total. The highest BCUT2D eigenvalue weighted by Gasteiger charge is 1.91. The standard InChI is InChI=1S/C8H12ClN3/c1-10-4-5-11-8-3-2-7(9)6-12-8/h2-3,6,10H,4-5H2,1H3,(H,11,12). The monoisotopic (exact) mass is 185 g/mol. The lowest BCUT2D eigenvalue weighted by Crippen LogP contribution is -2.18. The lowest BCUT2D eigenvalue weighted by molar-refractivity contribution is 0.821. The third kappa shape index (κ3) is 3.07. The van der Waals surface area contributed by atoms with E-state index < -0.39 is 0 Å². The molecule has 1 aromatic heterocycles. The van der Waals surface area contributed by atoms with E-state index in [1.54, 1.807) is 6.20 Å². The van der Waals surface area contributed by atoms with Crippen molar-refractivity contribution in [2.24, 2.45) is 0 Å². The Labute approximate surface area is 77.1 Å². The molecule has 0 aromatic carbocycles. The molecule has 3 nitrogen and oxygen atoms in total. The molecule has 0 radical (unpaired) electrons. The third-order valence-corrected chi connectivity index (χ3v) is 1.63. The molecular formula is C8H12ClN3. The Bertz CT molecular complexity index is 222. The Kier molecular flexibility index (Phi) is 3.84. The number of hydrogen-bond donors (Lipinski definition) is 2. The van der Waals surface area contributed by atoms with Crippen molar-refractivity contribution in [1.82, 2.24) is 10.3 Å². The van der Waals surface area contributed by atoms with Gasteiger partial charge in [0.25, 0.3) is 0 Å². The molecule has 0 atom stereocenters. The van der Waals surface area contributed by atoms with Gasteiger partial charge in [-0.05, 0) is 19.2 Å². The fraction of sp³-hybridized carbons (Fsp3) is 0.375. The second-order valence-electron chi connectivity index (χ2n) is 2.39. The lowest BCUT2D eigenvalue weighted by atomic mass is 10.4. The zero-order valence-electron chi connectivity index (χ0n) is 6.97. The van der Waals surface area contributed by atoms with Crippen LogP contribution in [0.5, 0.6) is 0 Å². The van der Waals surface area contributed by atoms with E-state index in [1.165, 1.54) is 0 Å². The molecule has 66 valence electrons. The summed E-state index contributed by atoms with van der Waals surface area (Å²) in [6.07, 6.45) is 1.63. The Morgan fingerprint density at radius 3 is 2.83 bits per heavy atom. The number of nitrogens with zero attached hydrogens (tertiary/aromatic N) is 1. The Balaban J connectivity index is 2.37. The number of rotatable bonds is 4. The maximum atomic E-state index is 5.67. The molecule has 12 heavy (non-hydrogen) atoms. The second kappa shape index (κ2) is 4.95. The summed E-state index contributed by atoms with van der Waals surface area (Å²) in [5.41, 5.74) is 0. The molecule has 0 aliphatic rings. The molecule has 0 unspecified atom stereocenters. The van der Waals surface area contributed by atoms with Gasteiger partial charge in [-0.3, -0.25) is 0 Å². The summed E-state index contributed by atoms with van der Waals surface area (Å²) < 4.78 is 0. The smallest absolute Gasteiger partial charge is 0.126 e. The maximum absolute atomic E-state index is 5.67. The van der Waals surface area contributed by atoms with Crippen LogP contribution >= 0.6 is 11.6 Å². The highest BCUT2D eigenvalue weighted by Crippen LogP contribution is 2.08. The molecule has 1 heterocycles. The van der Waals surface area contributed by atoms with Gasteiger partial charge in [0.15, 0.2) is 0 Å². The van der Waals surface area contributed by atoms with Gasteiger partial charge in [0.05, 0.1) is 5.02 Å². The van der Waals surface area contributed by atoms with Gasteiger partial charge in [-0.2, -0.15) is 0 Å². The first-order chi connectivity index (χ1) is 5.83. The van der Waals surface area contributed by atoms with E-state index in [2.05, 4.69) is 15.6 Å². The topological polar surface area (TPSA) is 37.0 Å². The normalized spacial score (nSPS) is 9.83. The van der Waals surface area contributed by atoms with Gasteiger partial charge < -0.3 is 10.6 Å².